The number of carbonyl (C=O) groups is 1. The minimum Gasteiger partial charge on any atom is -0.394 e. The minimum atomic E-state index is -0.653. The van der Waals surface area contributed by atoms with Crippen LogP contribution in [-0.4, -0.2) is 35.7 Å². The van der Waals surface area contributed by atoms with Crippen LogP contribution in [0.1, 0.15) is 25.5 Å². The highest BCUT2D eigenvalue weighted by Gasteiger charge is 2.17. The fraction of sp³-hybridized carbons (Fsp3) is 0.462. The van der Waals surface area contributed by atoms with E-state index in [0.29, 0.717) is 18.7 Å². The lowest BCUT2D eigenvalue weighted by atomic mass is 10.1. The predicted octanol–water partition coefficient (Wildman–Crippen LogP) is 2.56. The molecule has 0 fully saturated rings. The molecule has 0 spiro atoms. The molecule has 0 heterocycles. The molecule has 6 heteroatoms. The molecule has 2 amide bonds. The summed E-state index contributed by atoms with van der Waals surface area (Å²) in [5.41, 5.74) is 0.477. The summed E-state index contributed by atoms with van der Waals surface area (Å²) in [4.78, 5) is 13.5. The SMILES string of the molecule is CCN(CC)C(=O)NC(CO)c1ccc(Cl)c(F)c1. The maximum atomic E-state index is 13.4. The van der Waals surface area contributed by atoms with Gasteiger partial charge in [0.15, 0.2) is 0 Å². The zero-order chi connectivity index (χ0) is 14.4. The van der Waals surface area contributed by atoms with E-state index in [2.05, 4.69) is 5.32 Å². The summed E-state index contributed by atoms with van der Waals surface area (Å²) in [6, 6.07) is 3.25. The van der Waals surface area contributed by atoms with E-state index in [-0.39, 0.29) is 17.7 Å². The van der Waals surface area contributed by atoms with Crippen LogP contribution in [0.2, 0.25) is 5.02 Å². The van der Waals surface area contributed by atoms with Gasteiger partial charge in [0.25, 0.3) is 0 Å². The van der Waals surface area contributed by atoms with Crippen molar-refractivity contribution in [2.24, 2.45) is 0 Å². The van der Waals surface area contributed by atoms with E-state index in [1.54, 1.807) is 11.0 Å². The third kappa shape index (κ3) is 4.08. The normalized spacial score (nSPS) is 12.1. The summed E-state index contributed by atoms with van der Waals surface area (Å²) < 4.78 is 13.4. The standard InChI is InChI=1S/C13H18ClFN2O2/c1-3-17(4-2)13(19)16-12(8-18)9-5-6-10(14)11(15)7-9/h5-7,12,18H,3-4,8H2,1-2H3,(H,16,19). The zero-order valence-electron chi connectivity index (χ0n) is 11.0. The van der Waals surface area contributed by atoms with Crippen LogP contribution >= 0.6 is 11.6 Å². The van der Waals surface area contributed by atoms with Crippen LogP contribution < -0.4 is 5.32 Å². The predicted molar refractivity (Wildman–Crippen MR) is 72.7 cm³/mol. The highest BCUT2D eigenvalue weighted by molar-refractivity contribution is 6.30. The van der Waals surface area contributed by atoms with Gasteiger partial charge in [-0.25, -0.2) is 9.18 Å². The maximum absolute atomic E-state index is 13.4. The van der Waals surface area contributed by atoms with Gasteiger partial charge in [0.05, 0.1) is 17.7 Å². The van der Waals surface area contributed by atoms with Crippen molar-refractivity contribution in [1.82, 2.24) is 10.2 Å². The number of hydrogen-bond acceptors (Lipinski definition) is 2. The van der Waals surface area contributed by atoms with Crippen molar-refractivity contribution in [2.45, 2.75) is 19.9 Å². The van der Waals surface area contributed by atoms with Crippen molar-refractivity contribution in [3.63, 3.8) is 0 Å². The summed E-state index contributed by atoms with van der Waals surface area (Å²) >= 11 is 5.60. The number of aliphatic hydroxyl groups excluding tert-OH is 1. The zero-order valence-corrected chi connectivity index (χ0v) is 11.7. The molecule has 2 N–H and O–H groups in total. The molecule has 19 heavy (non-hydrogen) atoms. The van der Waals surface area contributed by atoms with Gasteiger partial charge < -0.3 is 15.3 Å². The van der Waals surface area contributed by atoms with Crippen LogP contribution in [0.15, 0.2) is 18.2 Å². The fourth-order valence-electron chi connectivity index (χ4n) is 1.71. The number of aliphatic hydroxyl groups is 1. The molecule has 0 bridgehead atoms. The Morgan fingerprint density at radius 3 is 2.58 bits per heavy atom. The van der Waals surface area contributed by atoms with Gasteiger partial charge in [0.2, 0.25) is 0 Å². The Kier molecular flexibility index (Phi) is 6.05. The Bertz CT molecular complexity index is 439. The third-order valence-corrected chi connectivity index (χ3v) is 3.18. The third-order valence-electron chi connectivity index (χ3n) is 2.88. The second kappa shape index (κ2) is 7.31. The molecule has 0 aliphatic rings. The quantitative estimate of drug-likeness (QED) is 0.875. The lowest BCUT2D eigenvalue weighted by molar-refractivity contribution is 0.186. The molecule has 0 saturated carbocycles. The molecule has 1 unspecified atom stereocenters. The van der Waals surface area contributed by atoms with E-state index in [1.165, 1.54) is 12.1 Å². The van der Waals surface area contributed by atoms with E-state index >= 15 is 0 Å². The highest BCUT2D eigenvalue weighted by Crippen LogP contribution is 2.20. The van der Waals surface area contributed by atoms with Crippen molar-refractivity contribution in [1.29, 1.82) is 0 Å². The first-order valence-corrected chi connectivity index (χ1v) is 6.52. The van der Waals surface area contributed by atoms with Gasteiger partial charge in [0.1, 0.15) is 5.82 Å². The van der Waals surface area contributed by atoms with Gasteiger partial charge in [-0.15, -0.1) is 0 Å². The van der Waals surface area contributed by atoms with Crippen LogP contribution in [0.5, 0.6) is 0 Å². The summed E-state index contributed by atoms with van der Waals surface area (Å²) in [6.07, 6.45) is 0. The average molecular weight is 289 g/mol. The van der Waals surface area contributed by atoms with Crippen LogP contribution in [-0.2, 0) is 0 Å². The maximum Gasteiger partial charge on any atom is 0.317 e. The van der Waals surface area contributed by atoms with Crippen LogP contribution in [0.4, 0.5) is 9.18 Å². The Balaban J connectivity index is 2.83. The van der Waals surface area contributed by atoms with Crippen LogP contribution in [0.25, 0.3) is 0 Å². The Morgan fingerprint density at radius 2 is 2.11 bits per heavy atom. The smallest absolute Gasteiger partial charge is 0.317 e. The fourth-order valence-corrected chi connectivity index (χ4v) is 1.83. The van der Waals surface area contributed by atoms with Crippen molar-refractivity contribution >= 4 is 17.6 Å². The van der Waals surface area contributed by atoms with Crippen molar-refractivity contribution in [3.05, 3.63) is 34.6 Å². The number of carbonyl (C=O) groups excluding carboxylic acids is 1. The van der Waals surface area contributed by atoms with Crippen molar-refractivity contribution in [2.75, 3.05) is 19.7 Å². The molecule has 0 aromatic heterocycles. The Hall–Kier alpha value is -1.33. The number of halogens is 2. The van der Waals surface area contributed by atoms with Gasteiger partial charge in [0, 0.05) is 13.1 Å². The number of amides is 2. The molecule has 0 saturated heterocycles. The average Bonchev–Trinajstić information content (AvgIpc) is 2.40. The molecule has 1 aromatic carbocycles. The number of benzene rings is 1. The molecule has 1 atom stereocenters. The van der Waals surface area contributed by atoms with Crippen molar-refractivity contribution in [3.8, 4) is 0 Å². The molecule has 1 aromatic rings. The van der Waals surface area contributed by atoms with Crippen LogP contribution in [0, 0.1) is 5.82 Å². The Labute approximate surface area is 117 Å². The van der Waals surface area contributed by atoms with Gasteiger partial charge in [-0.2, -0.15) is 0 Å². The molecular weight excluding hydrogens is 271 g/mol. The van der Waals surface area contributed by atoms with E-state index in [4.69, 9.17) is 11.6 Å². The monoisotopic (exact) mass is 288 g/mol. The van der Waals surface area contributed by atoms with Gasteiger partial charge in [-0.3, -0.25) is 0 Å². The Morgan fingerprint density at radius 1 is 1.47 bits per heavy atom. The first-order chi connectivity index (χ1) is 9.03. The summed E-state index contributed by atoms with van der Waals surface area (Å²) in [5.74, 6) is -0.574. The van der Waals surface area contributed by atoms with E-state index in [1.807, 2.05) is 13.8 Å². The number of nitrogens with one attached hydrogen (secondary N) is 1. The number of hydrogen-bond donors (Lipinski definition) is 2. The summed E-state index contributed by atoms with van der Waals surface area (Å²) in [6.45, 7) is 4.54. The van der Waals surface area contributed by atoms with E-state index < -0.39 is 11.9 Å². The first kappa shape index (κ1) is 15.7. The summed E-state index contributed by atoms with van der Waals surface area (Å²) in [7, 11) is 0. The first-order valence-electron chi connectivity index (χ1n) is 6.14. The molecule has 106 valence electrons. The topological polar surface area (TPSA) is 52.6 Å². The molecule has 0 aliphatic carbocycles. The van der Waals surface area contributed by atoms with E-state index in [9.17, 15) is 14.3 Å². The lowest BCUT2D eigenvalue weighted by Crippen LogP contribution is -2.42. The summed E-state index contributed by atoms with van der Waals surface area (Å²) in [5, 5.41) is 12.0. The van der Waals surface area contributed by atoms with Gasteiger partial charge in [-0.05, 0) is 31.5 Å². The lowest BCUT2D eigenvalue weighted by Gasteiger charge is -2.24. The molecule has 4 nitrogen and oxygen atoms in total. The molecule has 0 aliphatic heterocycles. The number of nitrogens with zero attached hydrogens (tertiary/aromatic N) is 1. The van der Waals surface area contributed by atoms with Crippen LogP contribution in [0.3, 0.4) is 0 Å². The van der Waals surface area contributed by atoms with E-state index in [0.717, 1.165) is 0 Å². The minimum absolute atomic E-state index is 0.00973. The molecule has 1 rings (SSSR count). The number of urea groups is 1. The second-order valence-electron chi connectivity index (χ2n) is 4.03. The van der Waals surface area contributed by atoms with Gasteiger partial charge in [-0.1, -0.05) is 17.7 Å². The van der Waals surface area contributed by atoms with Crippen molar-refractivity contribution < 1.29 is 14.3 Å². The molecule has 0 radical (unpaired) electrons. The molecular formula is C13H18ClFN2O2. The highest BCUT2D eigenvalue weighted by atomic mass is 35.5. The van der Waals surface area contributed by atoms with Gasteiger partial charge >= 0.3 is 6.03 Å². The number of rotatable bonds is 5. The largest absolute Gasteiger partial charge is 0.394 e. The second-order valence-corrected chi connectivity index (χ2v) is 4.44.